The maximum atomic E-state index is 4.02. The molecule has 1 N–H and O–H groups in total. The minimum atomic E-state index is 0.661. The van der Waals surface area contributed by atoms with Crippen molar-refractivity contribution in [2.75, 3.05) is 6.67 Å². The molecule has 0 radical (unpaired) electrons. The largest absolute Gasteiger partial charge is 0.366 e. The zero-order valence-corrected chi connectivity index (χ0v) is 6.57. The van der Waals surface area contributed by atoms with Crippen LogP contribution in [0.15, 0.2) is 35.6 Å². The van der Waals surface area contributed by atoms with E-state index in [1.807, 2.05) is 24.4 Å². The Hall–Kier alpha value is -1.64. The fourth-order valence-corrected chi connectivity index (χ4v) is 1.10. The molecule has 0 saturated heterocycles. The third-order valence-electron chi connectivity index (χ3n) is 1.70. The summed E-state index contributed by atoms with van der Waals surface area (Å²) in [6.45, 7) is 0.661. The second-order valence-corrected chi connectivity index (χ2v) is 2.48. The number of hydrogen-bond acceptors (Lipinski definition) is 3. The number of aromatic nitrogens is 1. The van der Waals surface area contributed by atoms with Gasteiger partial charge in [-0.2, -0.15) is 0 Å². The van der Waals surface area contributed by atoms with Crippen LogP contribution in [0.25, 0.3) is 5.70 Å². The van der Waals surface area contributed by atoms with E-state index in [0.29, 0.717) is 6.67 Å². The molecule has 1 aliphatic heterocycles. The van der Waals surface area contributed by atoms with Gasteiger partial charge in [0.25, 0.3) is 0 Å². The van der Waals surface area contributed by atoms with Crippen molar-refractivity contribution in [3.63, 3.8) is 0 Å². The fourth-order valence-electron chi connectivity index (χ4n) is 1.10. The van der Waals surface area contributed by atoms with Crippen LogP contribution in [0.1, 0.15) is 5.56 Å². The molecule has 1 aromatic heterocycles. The lowest BCUT2D eigenvalue weighted by Crippen LogP contribution is -2.15. The van der Waals surface area contributed by atoms with E-state index >= 15 is 0 Å². The van der Waals surface area contributed by atoms with Crippen molar-refractivity contribution in [2.24, 2.45) is 4.99 Å². The quantitative estimate of drug-likeness (QED) is 0.665. The van der Waals surface area contributed by atoms with Crippen molar-refractivity contribution >= 4 is 11.9 Å². The first-order valence-corrected chi connectivity index (χ1v) is 3.81. The first-order chi connectivity index (χ1) is 5.97. The van der Waals surface area contributed by atoms with Crippen LogP contribution in [0.4, 0.5) is 0 Å². The maximum absolute atomic E-state index is 4.02. The van der Waals surface area contributed by atoms with Gasteiger partial charge >= 0.3 is 0 Å². The molecule has 2 rings (SSSR count). The van der Waals surface area contributed by atoms with Gasteiger partial charge < -0.3 is 5.32 Å². The van der Waals surface area contributed by atoms with E-state index in [0.717, 1.165) is 11.3 Å². The number of nitrogens with one attached hydrogen (secondary N) is 1. The minimum absolute atomic E-state index is 0.661. The van der Waals surface area contributed by atoms with Crippen LogP contribution in [-0.2, 0) is 0 Å². The highest BCUT2D eigenvalue weighted by atomic mass is 15.0. The van der Waals surface area contributed by atoms with Gasteiger partial charge in [-0.05, 0) is 18.2 Å². The van der Waals surface area contributed by atoms with Crippen molar-refractivity contribution in [3.8, 4) is 0 Å². The number of nitrogens with zero attached hydrogens (tertiary/aromatic N) is 2. The molecule has 0 atom stereocenters. The van der Waals surface area contributed by atoms with Gasteiger partial charge in [-0.15, -0.1) is 0 Å². The highest BCUT2D eigenvalue weighted by molar-refractivity contribution is 5.85. The molecule has 0 unspecified atom stereocenters. The fraction of sp³-hybridized carbons (Fsp3) is 0.111. The Bertz CT molecular complexity index is 314. The second-order valence-electron chi connectivity index (χ2n) is 2.48. The average Bonchev–Trinajstić information content (AvgIpc) is 2.21. The zero-order chi connectivity index (χ0) is 8.23. The monoisotopic (exact) mass is 159 g/mol. The zero-order valence-electron chi connectivity index (χ0n) is 6.57. The van der Waals surface area contributed by atoms with Crippen molar-refractivity contribution < 1.29 is 0 Å². The summed E-state index contributed by atoms with van der Waals surface area (Å²) < 4.78 is 0. The van der Waals surface area contributed by atoms with E-state index in [2.05, 4.69) is 15.3 Å². The predicted molar refractivity (Wildman–Crippen MR) is 48.7 cm³/mol. The van der Waals surface area contributed by atoms with Gasteiger partial charge in [-0.3, -0.25) is 9.98 Å². The number of rotatable bonds is 1. The summed E-state index contributed by atoms with van der Waals surface area (Å²) in [7, 11) is 0. The Balaban J connectivity index is 2.31. The van der Waals surface area contributed by atoms with Crippen molar-refractivity contribution in [3.05, 3.63) is 36.2 Å². The first-order valence-electron chi connectivity index (χ1n) is 3.81. The summed E-state index contributed by atoms with van der Waals surface area (Å²) in [6.07, 6.45) is 7.33. The number of aliphatic imine (C=N–C) groups is 1. The van der Waals surface area contributed by atoms with E-state index in [-0.39, 0.29) is 0 Å². The van der Waals surface area contributed by atoms with Crippen LogP contribution in [0, 0.1) is 0 Å². The van der Waals surface area contributed by atoms with Gasteiger partial charge in [0.1, 0.15) is 6.67 Å². The van der Waals surface area contributed by atoms with Gasteiger partial charge in [-0.25, -0.2) is 0 Å². The van der Waals surface area contributed by atoms with Crippen LogP contribution < -0.4 is 5.32 Å². The number of hydrogen-bond donors (Lipinski definition) is 1. The van der Waals surface area contributed by atoms with E-state index in [1.54, 1.807) is 12.4 Å². The molecule has 3 heteroatoms. The number of allylic oxidation sites excluding steroid dienone is 1. The summed E-state index contributed by atoms with van der Waals surface area (Å²) >= 11 is 0. The van der Waals surface area contributed by atoms with E-state index in [1.165, 1.54) is 0 Å². The minimum Gasteiger partial charge on any atom is -0.366 e. The molecule has 0 bridgehead atoms. The molecule has 0 fully saturated rings. The molecule has 0 aliphatic carbocycles. The highest BCUT2D eigenvalue weighted by Crippen LogP contribution is 2.09. The molecular weight excluding hydrogens is 150 g/mol. The Morgan fingerprint density at radius 2 is 2.08 bits per heavy atom. The molecule has 0 aromatic carbocycles. The lowest BCUT2D eigenvalue weighted by Gasteiger charge is -2.10. The second kappa shape index (κ2) is 3.17. The Labute approximate surface area is 70.9 Å². The Morgan fingerprint density at radius 3 is 2.75 bits per heavy atom. The third-order valence-corrected chi connectivity index (χ3v) is 1.70. The van der Waals surface area contributed by atoms with Gasteiger partial charge in [0.2, 0.25) is 0 Å². The third kappa shape index (κ3) is 1.34. The standard InChI is InChI=1S/C9H9N3/c1-4-10-5-2-8(1)9-3-6-11-7-12-9/h1-6,12H,7H2. The summed E-state index contributed by atoms with van der Waals surface area (Å²) in [5.41, 5.74) is 2.25. The summed E-state index contributed by atoms with van der Waals surface area (Å²) in [5.74, 6) is 0. The molecule has 0 amide bonds. The molecule has 60 valence electrons. The lowest BCUT2D eigenvalue weighted by molar-refractivity contribution is 0.898. The molecule has 0 saturated carbocycles. The van der Waals surface area contributed by atoms with Crippen molar-refractivity contribution in [2.45, 2.75) is 0 Å². The van der Waals surface area contributed by atoms with Crippen LogP contribution in [0.3, 0.4) is 0 Å². The molecule has 12 heavy (non-hydrogen) atoms. The average molecular weight is 159 g/mol. The Kier molecular flexibility index (Phi) is 1.86. The normalized spacial score (nSPS) is 15.2. The van der Waals surface area contributed by atoms with Gasteiger partial charge in [0, 0.05) is 29.9 Å². The Morgan fingerprint density at radius 1 is 1.25 bits per heavy atom. The van der Waals surface area contributed by atoms with Crippen molar-refractivity contribution in [1.29, 1.82) is 0 Å². The highest BCUT2D eigenvalue weighted by Gasteiger charge is 2.00. The molecule has 2 heterocycles. The summed E-state index contributed by atoms with van der Waals surface area (Å²) in [5, 5.41) is 3.17. The molecule has 0 spiro atoms. The van der Waals surface area contributed by atoms with Crippen LogP contribution >= 0.6 is 0 Å². The maximum Gasteiger partial charge on any atom is 0.107 e. The van der Waals surface area contributed by atoms with Gasteiger partial charge in [0.15, 0.2) is 0 Å². The van der Waals surface area contributed by atoms with Gasteiger partial charge in [0.05, 0.1) is 0 Å². The van der Waals surface area contributed by atoms with Crippen molar-refractivity contribution in [1.82, 2.24) is 10.3 Å². The van der Waals surface area contributed by atoms with Gasteiger partial charge in [-0.1, -0.05) is 0 Å². The smallest absolute Gasteiger partial charge is 0.107 e. The number of pyridine rings is 1. The van der Waals surface area contributed by atoms with E-state index < -0.39 is 0 Å². The topological polar surface area (TPSA) is 37.3 Å². The molecule has 3 nitrogen and oxygen atoms in total. The first kappa shape index (κ1) is 7.03. The van der Waals surface area contributed by atoms with Crippen LogP contribution in [0.2, 0.25) is 0 Å². The van der Waals surface area contributed by atoms with E-state index in [4.69, 9.17) is 0 Å². The lowest BCUT2D eigenvalue weighted by atomic mass is 10.2. The summed E-state index contributed by atoms with van der Waals surface area (Å²) in [4.78, 5) is 7.98. The molecular formula is C9H9N3. The van der Waals surface area contributed by atoms with E-state index in [9.17, 15) is 0 Å². The summed E-state index contributed by atoms with van der Waals surface area (Å²) in [6, 6.07) is 3.94. The SMILES string of the molecule is C1=NCNC(c2ccncc2)=C1. The van der Waals surface area contributed by atoms with Crippen LogP contribution in [0.5, 0.6) is 0 Å². The molecule has 1 aliphatic rings. The van der Waals surface area contributed by atoms with Crippen LogP contribution in [-0.4, -0.2) is 17.9 Å². The predicted octanol–water partition coefficient (Wildman–Crippen LogP) is 1.05. The molecule has 1 aromatic rings.